The lowest BCUT2D eigenvalue weighted by molar-refractivity contribution is -0.122. The van der Waals surface area contributed by atoms with Gasteiger partial charge in [0.2, 0.25) is 5.91 Å². The second kappa shape index (κ2) is 6.88. The summed E-state index contributed by atoms with van der Waals surface area (Å²) in [6, 6.07) is 14.1. The molecule has 31 heavy (non-hydrogen) atoms. The van der Waals surface area contributed by atoms with Gasteiger partial charge in [0.05, 0.1) is 5.57 Å². The summed E-state index contributed by atoms with van der Waals surface area (Å²) < 4.78 is 0. The molecule has 3 N–H and O–H groups in total. The van der Waals surface area contributed by atoms with Crippen LogP contribution in [0.5, 0.6) is 0 Å². The van der Waals surface area contributed by atoms with Gasteiger partial charge in [0.15, 0.2) is 5.78 Å². The maximum Gasteiger partial charge on any atom is 0.245 e. The third-order valence-corrected chi connectivity index (χ3v) is 6.52. The molecule has 2 aromatic carbocycles. The van der Waals surface area contributed by atoms with Crippen LogP contribution in [0, 0.1) is 11.3 Å². The molecule has 0 saturated carbocycles. The van der Waals surface area contributed by atoms with Gasteiger partial charge in [-0.25, -0.2) is 0 Å². The zero-order valence-electron chi connectivity index (χ0n) is 16.2. The van der Waals surface area contributed by atoms with Crippen molar-refractivity contribution in [2.75, 3.05) is 10.2 Å². The topological polar surface area (TPSA) is 99.2 Å². The molecule has 8 heteroatoms. The van der Waals surface area contributed by atoms with Gasteiger partial charge in [-0.1, -0.05) is 29.3 Å². The molecule has 3 aliphatic rings. The number of allylic oxidation sites excluding steroid dienone is 1. The van der Waals surface area contributed by atoms with Gasteiger partial charge in [0.1, 0.15) is 17.3 Å². The molecule has 154 valence electrons. The number of hydrogen-bond donors (Lipinski definition) is 2. The van der Waals surface area contributed by atoms with Crippen LogP contribution in [0.3, 0.4) is 0 Å². The number of nitrogens with zero attached hydrogens (tertiary/aromatic N) is 2. The summed E-state index contributed by atoms with van der Waals surface area (Å²) in [7, 11) is 0. The van der Waals surface area contributed by atoms with E-state index in [4.69, 9.17) is 28.9 Å². The molecule has 0 bridgehead atoms. The van der Waals surface area contributed by atoms with E-state index in [0.29, 0.717) is 45.5 Å². The van der Waals surface area contributed by atoms with Gasteiger partial charge in [-0.15, -0.1) is 0 Å². The molecule has 0 saturated heterocycles. The fraction of sp³-hybridized carbons (Fsp3) is 0.174. The minimum atomic E-state index is -1.62. The molecule has 2 heterocycles. The Morgan fingerprint density at radius 1 is 1.10 bits per heavy atom. The molecule has 2 aliphatic heterocycles. The highest BCUT2D eigenvalue weighted by Crippen LogP contribution is 2.55. The Balaban J connectivity index is 1.90. The number of rotatable bonds is 1. The molecule has 6 nitrogen and oxygen atoms in total. The van der Waals surface area contributed by atoms with Crippen molar-refractivity contribution in [2.45, 2.75) is 24.7 Å². The predicted octanol–water partition coefficient (Wildman–Crippen LogP) is 4.40. The van der Waals surface area contributed by atoms with Gasteiger partial charge < -0.3 is 11.1 Å². The summed E-state index contributed by atoms with van der Waals surface area (Å²) in [6.45, 7) is 0. The maximum atomic E-state index is 13.5. The van der Waals surface area contributed by atoms with Crippen LogP contribution in [0.4, 0.5) is 11.4 Å². The second-order valence-corrected chi connectivity index (χ2v) is 8.55. The van der Waals surface area contributed by atoms with Gasteiger partial charge in [-0.2, -0.15) is 5.26 Å². The molecule has 1 amide bonds. The number of benzene rings is 2. The maximum absolute atomic E-state index is 13.5. The average molecular weight is 451 g/mol. The van der Waals surface area contributed by atoms with E-state index >= 15 is 0 Å². The molecule has 1 spiro atoms. The molecular weight excluding hydrogens is 435 g/mol. The highest BCUT2D eigenvalue weighted by Gasteiger charge is 2.60. The number of fused-ring (bicyclic) bond motifs is 3. The number of hydrogen-bond acceptors (Lipinski definition) is 5. The average Bonchev–Trinajstić information content (AvgIpc) is 3.00. The lowest BCUT2D eigenvalue weighted by Gasteiger charge is -2.43. The molecule has 2 aromatic rings. The minimum Gasteiger partial charge on any atom is -0.384 e. The van der Waals surface area contributed by atoms with Crippen molar-refractivity contribution in [3.05, 3.63) is 80.7 Å². The monoisotopic (exact) mass is 450 g/mol. The van der Waals surface area contributed by atoms with Crippen LogP contribution >= 0.6 is 23.2 Å². The van der Waals surface area contributed by atoms with E-state index in [1.165, 1.54) is 0 Å². The normalized spacial score (nSPS) is 22.4. The summed E-state index contributed by atoms with van der Waals surface area (Å²) in [6.07, 6.45) is 1.42. The number of amides is 1. The fourth-order valence-corrected chi connectivity index (χ4v) is 5.23. The minimum absolute atomic E-state index is 0.00000724. The lowest BCUT2D eigenvalue weighted by atomic mass is 9.64. The van der Waals surface area contributed by atoms with E-state index in [-0.39, 0.29) is 29.2 Å². The first kappa shape index (κ1) is 19.7. The Labute approximate surface area is 188 Å². The van der Waals surface area contributed by atoms with Crippen molar-refractivity contribution in [1.29, 1.82) is 5.26 Å². The Morgan fingerprint density at radius 2 is 1.87 bits per heavy atom. The Morgan fingerprint density at radius 3 is 2.61 bits per heavy atom. The Hall–Kier alpha value is -3.27. The third-order valence-electron chi connectivity index (χ3n) is 6.05. The van der Waals surface area contributed by atoms with Crippen LogP contribution in [0.25, 0.3) is 0 Å². The zero-order chi connectivity index (χ0) is 21.9. The lowest BCUT2D eigenvalue weighted by Crippen LogP contribution is -2.50. The molecule has 1 unspecified atom stereocenters. The highest BCUT2D eigenvalue weighted by molar-refractivity contribution is 6.31. The third kappa shape index (κ3) is 2.57. The van der Waals surface area contributed by atoms with E-state index in [0.717, 1.165) is 0 Å². The number of nitrogens with one attached hydrogen (secondary N) is 1. The fourth-order valence-electron chi connectivity index (χ4n) is 4.87. The summed E-state index contributed by atoms with van der Waals surface area (Å²) >= 11 is 12.5. The largest absolute Gasteiger partial charge is 0.384 e. The van der Waals surface area contributed by atoms with Crippen LogP contribution in [-0.2, 0) is 15.0 Å². The van der Waals surface area contributed by atoms with E-state index in [1.807, 2.05) is 0 Å². The number of anilines is 2. The number of carbonyl (C=O) groups excluding carboxylic acids is 2. The summed E-state index contributed by atoms with van der Waals surface area (Å²) in [5.41, 5.74) is 7.43. The first-order valence-electron chi connectivity index (χ1n) is 9.74. The van der Waals surface area contributed by atoms with Crippen molar-refractivity contribution in [3.63, 3.8) is 0 Å². The predicted molar refractivity (Wildman–Crippen MR) is 118 cm³/mol. The summed E-state index contributed by atoms with van der Waals surface area (Å²) in [5.74, 6) is -0.560. The molecule has 0 aromatic heterocycles. The van der Waals surface area contributed by atoms with Crippen molar-refractivity contribution in [1.82, 2.24) is 0 Å². The quantitative estimate of drug-likeness (QED) is 0.670. The first-order valence-corrected chi connectivity index (χ1v) is 10.5. The van der Waals surface area contributed by atoms with Crippen molar-refractivity contribution >= 4 is 46.3 Å². The van der Waals surface area contributed by atoms with Crippen LogP contribution in [0.2, 0.25) is 10.0 Å². The highest BCUT2D eigenvalue weighted by atomic mass is 35.5. The van der Waals surface area contributed by atoms with Crippen molar-refractivity contribution < 1.29 is 9.59 Å². The Bertz CT molecular complexity index is 1290. The summed E-state index contributed by atoms with van der Waals surface area (Å²) in [5, 5.41) is 13.9. The number of ketones is 1. The number of halogens is 2. The number of carbonyl (C=O) groups is 2. The molecule has 1 aliphatic carbocycles. The van der Waals surface area contributed by atoms with E-state index < -0.39 is 11.3 Å². The van der Waals surface area contributed by atoms with E-state index in [2.05, 4.69) is 11.4 Å². The van der Waals surface area contributed by atoms with E-state index in [9.17, 15) is 14.9 Å². The smallest absolute Gasteiger partial charge is 0.245 e. The van der Waals surface area contributed by atoms with Gasteiger partial charge in [-0.05, 0) is 49.2 Å². The first-order chi connectivity index (χ1) is 14.9. The van der Waals surface area contributed by atoms with Crippen LogP contribution in [-0.4, -0.2) is 11.7 Å². The van der Waals surface area contributed by atoms with Gasteiger partial charge in [0.25, 0.3) is 0 Å². The van der Waals surface area contributed by atoms with Gasteiger partial charge in [0, 0.05) is 44.7 Å². The summed E-state index contributed by atoms with van der Waals surface area (Å²) in [4.78, 5) is 28.5. The molecule has 0 radical (unpaired) electrons. The zero-order valence-corrected chi connectivity index (χ0v) is 17.7. The standard InChI is InChI=1S/C23H16Cl2N4O2/c24-12-3-1-4-14(9-12)29-18-5-2-6-19(30)20(18)23(16(11-26)21(29)27)15-10-13(25)7-8-17(15)28-22(23)31/h1,3-4,7-10H,2,5-6,27H2,(H,28,31). The number of nitriles is 1. The molecule has 5 rings (SSSR count). The Kier molecular flexibility index (Phi) is 4.37. The van der Waals surface area contributed by atoms with Crippen LogP contribution < -0.4 is 16.0 Å². The van der Waals surface area contributed by atoms with Crippen molar-refractivity contribution in [3.8, 4) is 6.07 Å². The molecular formula is C23H16Cl2N4O2. The molecule has 0 fully saturated rings. The second-order valence-electron chi connectivity index (χ2n) is 7.68. The van der Waals surface area contributed by atoms with Gasteiger partial charge in [-0.3, -0.25) is 14.5 Å². The number of nitrogens with two attached hydrogens (primary N) is 1. The SMILES string of the molecule is N#CC1=C(N)N(c2cccc(Cl)c2)C2=C(C(=O)CCC2)C12C(=O)Nc1ccc(Cl)cc12. The van der Waals surface area contributed by atoms with Crippen molar-refractivity contribution in [2.24, 2.45) is 5.73 Å². The van der Waals surface area contributed by atoms with Gasteiger partial charge >= 0.3 is 0 Å². The van der Waals surface area contributed by atoms with E-state index in [1.54, 1.807) is 47.4 Å². The van der Waals surface area contributed by atoms with Crippen LogP contribution in [0.1, 0.15) is 24.8 Å². The number of Topliss-reactive ketones (excluding diaryl/α,β-unsaturated/α-hetero) is 1. The van der Waals surface area contributed by atoms with Crippen LogP contribution in [0.15, 0.2) is 65.1 Å². The molecule has 1 atom stereocenters.